The minimum Gasteiger partial charge on any atom is -0.342 e. The summed E-state index contributed by atoms with van der Waals surface area (Å²) in [5.41, 5.74) is 3.08. The van der Waals surface area contributed by atoms with E-state index in [1.54, 1.807) is 17.0 Å². The van der Waals surface area contributed by atoms with Crippen molar-refractivity contribution < 1.29 is 9.18 Å². The number of aromatic nitrogens is 1. The molecule has 3 aromatic rings. The van der Waals surface area contributed by atoms with Gasteiger partial charge in [-0.2, -0.15) is 0 Å². The Kier molecular flexibility index (Phi) is 6.01. The Labute approximate surface area is 186 Å². The maximum Gasteiger partial charge on any atom is 0.266 e. The third-order valence-electron chi connectivity index (χ3n) is 5.09. The van der Waals surface area contributed by atoms with Crippen LogP contribution in [-0.2, 0) is 11.3 Å². The summed E-state index contributed by atoms with van der Waals surface area (Å²) in [7, 11) is 0. The zero-order chi connectivity index (χ0) is 22.1. The molecule has 1 saturated heterocycles. The Bertz CT molecular complexity index is 1180. The van der Waals surface area contributed by atoms with Crippen LogP contribution in [0.1, 0.15) is 38.8 Å². The lowest BCUT2D eigenvalue weighted by Crippen LogP contribution is -2.35. The molecule has 2 aromatic carbocycles. The minimum absolute atomic E-state index is 0.00485. The van der Waals surface area contributed by atoms with E-state index in [0.717, 1.165) is 27.2 Å². The number of hydrogen-bond donors (Lipinski definition) is 0. The highest BCUT2D eigenvalue weighted by molar-refractivity contribution is 8.18. The molecule has 1 amide bonds. The molecule has 0 saturated carbocycles. The molecule has 0 atom stereocenters. The monoisotopic (exact) mass is 435 g/mol. The van der Waals surface area contributed by atoms with Crippen LogP contribution in [0.5, 0.6) is 0 Å². The lowest BCUT2D eigenvalue weighted by atomic mass is 10.1. The van der Waals surface area contributed by atoms with Crippen LogP contribution in [0, 0.1) is 5.82 Å². The highest BCUT2D eigenvalue weighted by Crippen LogP contribution is 2.36. The van der Waals surface area contributed by atoms with E-state index in [9.17, 15) is 9.18 Å². The summed E-state index contributed by atoms with van der Waals surface area (Å²) >= 11 is 1.44. The number of nitrogens with zero attached hydrogens (tertiary/aromatic N) is 3. The van der Waals surface area contributed by atoms with Crippen LogP contribution in [-0.4, -0.2) is 32.6 Å². The molecule has 0 unspecified atom stereocenters. The van der Waals surface area contributed by atoms with E-state index in [2.05, 4.69) is 27.9 Å². The fourth-order valence-electron chi connectivity index (χ4n) is 3.70. The molecule has 0 spiro atoms. The quantitative estimate of drug-likeness (QED) is 0.467. The first-order valence-electron chi connectivity index (χ1n) is 10.5. The van der Waals surface area contributed by atoms with Crippen molar-refractivity contribution in [3.05, 3.63) is 76.6 Å². The van der Waals surface area contributed by atoms with Gasteiger partial charge in [-0.25, -0.2) is 4.39 Å². The number of benzene rings is 2. The van der Waals surface area contributed by atoms with E-state index in [-0.39, 0.29) is 23.8 Å². The van der Waals surface area contributed by atoms with E-state index >= 15 is 0 Å². The van der Waals surface area contributed by atoms with Crippen molar-refractivity contribution in [1.82, 2.24) is 9.47 Å². The molecule has 0 radical (unpaired) electrons. The predicted molar refractivity (Wildman–Crippen MR) is 128 cm³/mol. The van der Waals surface area contributed by atoms with E-state index in [0.29, 0.717) is 11.4 Å². The second kappa shape index (κ2) is 8.71. The molecule has 0 N–H and O–H groups in total. The van der Waals surface area contributed by atoms with Gasteiger partial charge in [0.15, 0.2) is 5.17 Å². The van der Waals surface area contributed by atoms with Crippen LogP contribution < -0.4 is 0 Å². The van der Waals surface area contributed by atoms with Gasteiger partial charge < -0.3 is 4.57 Å². The standard InChI is InChI=1S/C25H26FN3OS/c1-16(2)27-25-29(17(3)4)24(30)23(31-25)13-19-15-28(22-8-6-5-7-21(19)22)14-18-9-11-20(26)12-10-18/h5-13,15-17H,14H2,1-4H3/b23-13+,27-25?. The summed E-state index contributed by atoms with van der Waals surface area (Å²) in [6.45, 7) is 8.67. The maximum atomic E-state index is 13.3. The molecule has 31 heavy (non-hydrogen) atoms. The first-order valence-corrected chi connectivity index (χ1v) is 11.3. The number of fused-ring (bicyclic) bond motifs is 1. The molecule has 1 aliphatic heterocycles. The number of amides is 1. The third-order valence-corrected chi connectivity index (χ3v) is 6.09. The number of carbonyl (C=O) groups is 1. The van der Waals surface area contributed by atoms with Gasteiger partial charge in [-0.1, -0.05) is 30.3 Å². The lowest BCUT2D eigenvalue weighted by molar-refractivity contribution is -0.123. The molecular formula is C25H26FN3OS. The molecule has 0 aliphatic carbocycles. The minimum atomic E-state index is -0.239. The molecular weight excluding hydrogens is 409 g/mol. The van der Waals surface area contributed by atoms with Gasteiger partial charge in [-0.15, -0.1) is 0 Å². The molecule has 4 nitrogen and oxygen atoms in total. The molecule has 4 rings (SSSR count). The average molecular weight is 436 g/mol. The Morgan fingerprint density at radius 3 is 2.45 bits per heavy atom. The Balaban J connectivity index is 1.74. The number of para-hydroxylation sites is 1. The smallest absolute Gasteiger partial charge is 0.266 e. The number of amidine groups is 1. The largest absolute Gasteiger partial charge is 0.342 e. The molecule has 1 fully saturated rings. The summed E-state index contributed by atoms with van der Waals surface area (Å²) in [6, 6.07) is 14.9. The molecule has 160 valence electrons. The maximum absolute atomic E-state index is 13.3. The van der Waals surface area contributed by atoms with Crippen molar-refractivity contribution in [3.8, 4) is 0 Å². The molecule has 1 aliphatic rings. The van der Waals surface area contributed by atoms with E-state index in [1.807, 2.05) is 45.9 Å². The van der Waals surface area contributed by atoms with Gasteiger partial charge in [0.25, 0.3) is 5.91 Å². The highest BCUT2D eigenvalue weighted by atomic mass is 32.2. The highest BCUT2D eigenvalue weighted by Gasteiger charge is 2.35. The summed E-state index contributed by atoms with van der Waals surface area (Å²) in [5, 5.41) is 1.84. The first kappa shape index (κ1) is 21.4. The van der Waals surface area contributed by atoms with Crippen molar-refractivity contribution in [1.29, 1.82) is 0 Å². The van der Waals surface area contributed by atoms with Gasteiger partial charge >= 0.3 is 0 Å². The van der Waals surface area contributed by atoms with Crippen molar-refractivity contribution in [2.45, 2.75) is 46.3 Å². The summed E-state index contributed by atoms with van der Waals surface area (Å²) in [5.74, 6) is -0.244. The molecule has 1 aromatic heterocycles. The van der Waals surface area contributed by atoms with Crippen LogP contribution >= 0.6 is 11.8 Å². The number of aliphatic imine (C=N–C) groups is 1. The van der Waals surface area contributed by atoms with Crippen LogP contribution in [0.3, 0.4) is 0 Å². The fraction of sp³-hybridized carbons (Fsp3) is 0.280. The van der Waals surface area contributed by atoms with Crippen molar-refractivity contribution in [3.63, 3.8) is 0 Å². The molecule has 2 heterocycles. The lowest BCUT2D eigenvalue weighted by Gasteiger charge is -2.20. The van der Waals surface area contributed by atoms with Gasteiger partial charge in [-0.3, -0.25) is 14.7 Å². The van der Waals surface area contributed by atoms with Gasteiger partial charge in [0.1, 0.15) is 5.82 Å². The van der Waals surface area contributed by atoms with Gasteiger partial charge in [-0.05, 0) is 69.3 Å². The normalized spacial score (nSPS) is 17.3. The average Bonchev–Trinajstić information content (AvgIpc) is 3.21. The predicted octanol–water partition coefficient (Wildman–Crippen LogP) is 5.92. The number of thioether (sulfide) groups is 1. The van der Waals surface area contributed by atoms with E-state index in [4.69, 9.17) is 0 Å². The Hall–Kier alpha value is -2.86. The van der Waals surface area contributed by atoms with Crippen molar-refractivity contribution >= 4 is 39.8 Å². The number of halogens is 1. The topological polar surface area (TPSA) is 37.6 Å². The number of carbonyl (C=O) groups excluding carboxylic acids is 1. The van der Waals surface area contributed by atoms with Crippen LogP contribution in [0.15, 0.2) is 64.6 Å². The number of hydrogen-bond acceptors (Lipinski definition) is 3. The van der Waals surface area contributed by atoms with Crippen molar-refractivity contribution in [2.24, 2.45) is 4.99 Å². The molecule has 6 heteroatoms. The zero-order valence-corrected chi connectivity index (χ0v) is 19.0. The zero-order valence-electron chi connectivity index (χ0n) is 18.2. The summed E-state index contributed by atoms with van der Waals surface area (Å²) in [6.07, 6.45) is 4.03. The van der Waals surface area contributed by atoms with Crippen LogP contribution in [0.4, 0.5) is 4.39 Å². The van der Waals surface area contributed by atoms with Gasteiger partial charge in [0.05, 0.1) is 4.91 Å². The van der Waals surface area contributed by atoms with E-state index < -0.39 is 0 Å². The summed E-state index contributed by atoms with van der Waals surface area (Å²) < 4.78 is 15.4. The van der Waals surface area contributed by atoms with Gasteiger partial charge in [0, 0.05) is 41.3 Å². The Morgan fingerprint density at radius 1 is 1.06 bits per heavy atom. The Morgan fingerprint density at radius 2 is 1.77 bits per heavy atom. The van der Waals surface area contributed by atoms with Crippen LogP contribution in [0.25, 0.3) is 17.0 Å². The SMILES string of the molecule is CC(C)N=C1S/C(=C/c2cn(Cc3ccc(F)cc3)c3ccccc23)C(=O)N1C(C)C. The fourth-order valence-corrected chi connectivity index (χ4v) is 4.93. The van der Waals surface area contributed by atoms with Crippen LogP contribution in [0.2, 0.25) is 0 Å². The van der Waals surface area contributed by atoms with Crippen molar-refractivity contribution in [2.75, 3.05) is 0 Å². The van der Waals surface area contributed by atoms with Gasteiger partial charge in [0.2, 0.25) is 0 Å². The molecule has 0 bridgehead atoms. The third kappa shape index (κ3) is 4.44. The van der Waals surface area contributed by atoms with E-state index in [1.165, 1.54) is 23.9 Å². The summed E-state index contributed by atoms with van der Waals surface area (Å²) in [4.78, 5) is 20.2. The first-order chi connectivity index (χ1) is 14.8. The second-order valence-electron chi connectivity index (χ2n) is 8.24. The second-order valence-corrected chi connectivity index (χ2v) is 9.25. The number of rotatable bonds is 5.